The van der Waals surface area contributed by atoms with E-state index in [1.54, 1.807) is 31.7 Å². The number of ether oxygens (including phenoxy) is 1. The van der Waals surface area contributed by atoms with Crippen molar-refractivity contribution in [3.63, 3.8) is 0 Å². The van der Waals surface area contributed by atoms with Gasteiger partial charge in [0.25, 0.3) is 5.91 Å². The van der Waals surface area contributed by atoms with Crippen molar-refractivity contribution in [2.75, 3.05) is 24.8 Å². The third-order valence-corrected chi connectivity index (χ3v) is 11.8. The molecule has 10 heteroatoms. The van der Waals surface area contributed by atoms with Crippen LogP contribution in [0.5, 0.6) is 5.75 Å². The quantitative estimate of drug-likeness (QED) is 0.591. The lowest BCUT2D eigenvalue weighted by molar-refractivity contribution is 0.0980. The Morgan fingerprint density at radius 2 is 1.68 bits per heavy atom. The summed E-state index contributed by atoms with van der Waals surface area (Å²) in [6.07, 6.45) is 5.70. The van der Waals surface area contributed by atoms with E-state index in [-0.39, 0.29) is 34.1 Å². The van der Waals surface area contributed by atoms with Gasteiger partial charge >= 0.3 is 0 Å². The van der Waals surface area contributed by atoms with Gasteiger partial charge < -0.3 is 9.64 Å². The van der Waals surface area contributed by atoms with Crippen LogP contribution in [0.2, 0.25) is 0 Å². The van der Waals surface area contributed by atoms with Crippen LogP contribution in [-0.2, 0) is 25.3 Å². The maximum Gasteiger partial charge on any atom is 0.258 e. The Morgan fingerprint density at radius 1 is 1.03 bits per heavy atom. The molecule has 206 valence electrons. The molecule has 38 heavy (non-hydrogen) atoms. The van der Waals surface area contributed by atoms with Crippen LogP contribution in [0.25, 0.3) is 0 Å². The van der Waals surface area contributed by atoms with E-state index in [1.807, 2.05) is 24.3 Å². The molecule has 2 spiro atoms. The second-order valence-corrected chi connectivity index (χ2v) is 16.2. The summed E-state index contributed by atoms with van der Waals surface area (Å²) in [5.41, 5.74) is 0.455. The van der Waals surface area contributed by atoms with Crippen LogP contribution in [0.3, 0.4) is 0 Å². The summed E-state index contributed by atoms with van der Waals surface area (Å²) >= 11 is 0. The van der Waals surface area contributed by atoms with Gasteiger partial charge in [-0.2, -0.15) is 0 Å². The van der Waals surface area contributed by atoms with E-state index in [4.69, 9.17) is 4.74 Å². The summed E-state index contributed by atoms with van der Waals surface area (Å²) in [6, 6.07) is 11.9. The van der Waals surface area contributed by atoms with E-state index in [1.165, 1.54) is 25.5 Å². The Bertz CT molecular complexity index is 1510. The molecule has 1 aliphatic heterocycles. The third kappa shape index (κ3) is 4.64. The number of benzene rings is 2. The van der Waals surface area contributed by atoms with Crippen LogP contribution in [0, 0.1) is 5.41 Å². The van der Waals surface area contributed by atoms with Crippen molar-refractivity contribution >= 4 is 31.5 Å². The van der Waals surface area contributed by atoms with Crippen LogP contribution in [0.4, 0.5) is 5.69 Å². The number of sulfone groups is 1. The molecular weight excluding hydrogens is 524 g/mol. The highest BCUT2D eigenvalue weighted by molar-refractivity contribution is 7.91. The van der Waals surface area contributed by atoms with Crippen molar-refractivity contribution in [2.45, 2.75) is 74.0 Å². The zero-order valence-corrected chi connectivity index (χ0v) is 24.2. The fourth-order valence-electron chi connectivity index (χ4n) is 6.42. The topological polar surface area (TPSA) is 110 Å². The Kier molecular flexibility index (Phi) is 6.28. The average molecular weight is 561 g/mol. The molecule has 2 aromatic rings. The van der Waals surface area contributed by atoms with E-state index in [9.17, 15) is 21.6 Å². The fourth-order valence-corrected chi connectivity index (χ4v) is 9.83. The van der Waals surface area contributed by atoms with Crippen LogP contribution in [0.15, 0.2) is 47.4 Å². The zero-order chi connectivity index (χ0) is 27.7. The number of hydrogen-bond donors (Lipinski definition) is 1. The predicted octanol–water partition coefficient (Wildman–Crippen LogP) is 4.05. The van der Waals surface area contributed by atoms with Gasteiger partial charge in [-0.15, -0.1) is 0 Å². The van der Waals surface area contributed by atoms with Crippen molar-refractivity contribution in [1.29, 1.82) is 0 Å². The number of rotatable bonds is 5. The number of nitrogens with zero attached hydrogens (tertiary/aromatic N) is 1. The molecule has 0 bridgehead atoms. The van der Waals surface area contributed by atoms with Gasteiger partial charge in [-0.05, 0) is 88.1 Å². The lowest BCUT2D eigenvalue weighted by Crippen LogP contribution is -2.52. The summed E-state index contributed by atoms with van der Waals surface area (Å²) in [7, 11) is -6.00. The molecule has 1 amide bonds. The van der Waals surface area contributed by atoms with E-state index < -0.39 is 36.1 Å². The molecule has 2 unspecified atom stereocenters. The summed E-state index contributed by atoms with van der Waals surface area (Å²) < 4.78 is 60.7. The number of anilines is 1. The number of hydrogen-bond acceptors (Lipinski definition) is 6. The lowest BCUT2D eigenvalue weighted by atomic mass is 9.66. The number of carbonyl (C=O) groups excluding carboxylic acids is 1. The molecular formula is C28H36N2O6S2. The first-order valence-electron chi connectivity index (χ1n) is 12.9. The second kappa shape index (κ2) is 8.79. The molecule has 2 saturated carbocycles. The van der Waals surface area contributed by atoms with E-state index >= 15 is 0 Å². The largest absolute Gasteiger partial charge is 0.495 e. The molecule has 2 aromatic carbocycles. The highest BCUT2D eigenvalue weighted by atomic mass is 32.2. The van der Waals surface area contributed by atoms with Crippen molar-refractivity contribution in [3.8, 4) is 5.75 Å². The number of methoxy groups -OCH3 is 1. The highest BCUT2D eigenvalue weighted by Gasteiger charge is 2.61. The number of amides is 1. The molecule has 0 radical (unpaired) electrons. The van der Waals surface area contributed by atoms with Crippen molar-refractivity contribution in [3.05, 3.63) is 53.6 Å². The van der Waals surface area contributed by atoms with Crippen LogP contribution in [-0.4, -0.2) is 53.4 Å². The molecule has 3 aliphatic rings. The molecule has 0 saturated heterocycles. The average Bonchev–Trinajstić information content (AvgIpc) is 3.52. The summed E-state index contributed by atoms with van der Waals surface area (Å²) in [5.74, 6) is -0.237. The van der Waals surface area contributed by atoms with Gasteiger partial charge in [0.1, 0.15) is 10.6 Å². The molecule has 1 N–H and O–H groups in total. The highest BCUT2D eigenvalue weighted by Crippen LogP contribution is 2.63. The lowest BCUT2D eigenvalue weighted by Gasteiger charge is -2.44. The first-order valence-corrected chi connectivity index (χ1v) is 16.4. The van der Waals surface area contributed by atoms with E-state index in [0.717, 1.165) is 24.8 Å². The predicted molar refractivity (Wildman–Crippen MR) is 147 cm³/mol. The van der Waals surface area contributed by atoms with Crippen LogP contribution < -0.4 is 14.4 Å². The number of fused-ring (bicyclic) bond motifs is 2. The summed E-state index contributed by atoms with van der Waals surface area (Å²) in [6.45, 7) is 5.45. The third-order valence-electron chi connectivity index (χ3n) is 8.37. The fraction of sp³-hybridized carbons (Fsp3) is 0.536. The molecule has 5 rings (SSSR count). The van der Waals surface area contributed by atoms with Gasteiger partial charge in [0.05, 0.1) is 12.4 Å². The minimum absolute atomic E-state index is 0.116. The molecule has 2 aliphatic carbocycles. The molecule has 8 nitrogen and oxygen atoms in total. The van der Waals surface area contributed by atoms with Crippen molar-refractivity contribution < 1.29 is 26.4 Å². The summed E-state index contributed by atoms with van der Waals surface area (Å²) in [4.78, 5) is 15.5. The van der Waals surface area contributed by atoms with Gasteiger partial charge in [-0.1, -0.05) is 18.2 Å². The number of carbonyl (C=O) groups is 1. The van der Waals surface area contributed by atoms with Gasteiger partial charge in [-0.25, -0.2) is 21.6 Å². The Hall–Kier alpha value is -2.43. The standard InChI is InChI=1S/C28H36N2O6S2/c1-26(2,3)29-38(34,35)23-16-19(10-11-22(23)36-4)25(31)30-18-28(20-8-6-7-9-21(20)30)15-14-27(12-13-27)17-24(28)37(5,32)33/h6-11,16,24,29H,12-15,17-18H2,1-5H3. The normalized spacial score (nSPS) is 24.4. The Balaban J connectivity index is 1.57. The molecule has 0 aromatic heterocycles. The minimum Gasteiger partial charge on any atom is -0.495 e. The maximum absolute atomic E-state index is 14.0. The number of para-hydroxylation sites is 1. The zero-order valence-electron chi connectivity index (χ0n) is 22.6. The van der Waals surface area contributed by atoms with Crippen LogP contribution in [0.1, 0.15) is 68.8 Å². The molecule has 2 fully saturated rings. The number of sulfonamides is 1. The molecule has 1 heterocycles. The second-order valence-electron chi connectivity index (χ2n) is 12.3. The van der Waals surface area contributed by atoms with E-state index in [0.29, 0.717) is 18.5 Å². The SMILES string of the molecule is COc1ccc(C(=O)N2CC3(CCC4(CC4)CC3S(C)(=O)=O)c3ccccc32)cc1S(=O)(=O)NC(C)(C)C. The van der Waals surface area contributed by atoms with Crippen molar-refractivity contribution in [1.82, 2.24) is 4.72 Å². The first-order chi connectivity index (χ1) is 17.6. The monoisotopic (exact) mass is 560 g/mol. The number of nitrogens with one attached hydrogen (secondary N) is 1. The van der Waals surface area contributed by atoms with Crippen molar-refractivity contribution in [2.24, 2.45) is 5.41 Å². The van der Waals surface area contributed by atoms with Gasteiger partial charge in [0.15, 0.2) is 9.84 Å². The first kappa shape index (κ1) is 27.1. The van der Waals surface area contributed by atoms with Gasteiger partial charge in [-0.3, -0.25) is 4.79 Å². The smallest absolute Gasteiger partial charge is 0.258 e. The summed E-state index contributed by atoms with van der Waals surface area (Å²) in [5, 5.41) is -0.576. The maximum atomic E-state index is 14.0. The van der Waals surface area contributed by atoms with E-state index in [2.05, 4.69) is 4.72 Å². The van der Waals surface area contributed by atoms with Gasteiger partial charge in [0.2, 0.25) is 10.0 Å². The van der Waals surface area contributed by atoms with Gasteiger partial charge in [0, 0.05) is 35.0 Å². The Labute approximate surface area is 225 Å². The minimum atomic E-state index is -3.99. The Morgan fingerprint density at radius 3 is 2.29 bits per heavy atom. The molecule has 2 atom stereocenters. The van der Waals surface area contributed by atoms with Crippen LogP contribution >= 0.6 is 0 Å².